The van der Waals surface area contributed by atoms with E-state index in [9.17, 15) is 5.26 Å². The SMILES string of the molecule is N#Cc1c(N2CCCC2)nn(-c2nccs2)c1N. The largest absolute Gasteiger partial charge is 0.382 e. The Morgan fingerprint density at radius 1 is 1.39 bits per heavy atom. The normalized spacial score (nSPS) is 14.9. The molecular formula is C11H12N6S. The highest BCUT2D eigenvalue weighted by Crippen LogP contribution is 2.29. The molecule has 0 bridgehead atoms. The first-order valence-corrected chi connectivity index (χ1v) is 6.62. The molecule has 2 aromatic rings. The minimum absolute atomic E-state index is 0.370. The number of anilines is 2. The van der Waals surface area contributed by atoms with Gasteiger partial charge in [-0.3, -0.25) is 0 Å². The van der Waals surface area contributed by atoms with Gasteiger partial charge < -0.3 is 10.6 Å². The zero-order valence-electron chi connectivity index (χ0n) is 9.70. The van der Waals surface area contributed by atoms with Crippen molar-refractivity contribution in [2.75, 3.05) is 23.7 Å². The van der Waals surface area contributed by atoms with E-state index in [1.54, 1.807) is 10.9 Å². The molecule has 2 aromatic heterocycles. The Labute approximate surface area is 108 Å². The second-order valence-electron chi connectivity index (χ2n) is 4.12. The van der Waals surface area contributed by atoms with Crippen molar-refractivity contribution in [1.82, 2.24) is 14.8 Å². The quantitative estimate of drug-likeness (QED) is 0.882. The zero-order valence-corrected chi connectivity index (χ0v) is 10.5. The number of nitriles is 1. The Morgan fingerprint density at radius 3 is 2.78 bits per heavy atom. The molecule has 3 heterocycles. The average molecular weight is 260 g/mol. The summed E-state index contributed by atoms with van der Waals surface area (Å²) in [5.41, 5.74) is 6.44. The molecule has 3 rings (SSSR count). The van der Waals surface area contributed by atoms with E-state index in [0.29, 0.717) is 22.3 Å². The molecule has 0 radical (unpaired) electrons. The van der Waals surface area contributed by atoms with Crippen molar-refractivity contribution in [3.63, 3.8) is 0 Å². The van der Waals surface area contributed by atoms with Crippen LogP contribution in [0, 0.1) is 11.3 Å². The van der Waals surface area contributed by atoms with Gasteiger partial charge in [-0.15, -0.1) is 16.4 Å². The highest BCUT2D eigenvalue weighted by molar-refractivity contribution is 7.12. The summed E-state index contributed by atoms with van der Waals surface area (Å²) < 4.78 is 1.55. The van der Waals surface area contributed by atoms with Crippen LogP contribution in [-0.2, 0) is 0 Å². The van der Waals surface area contributed by atoms with Crippen LogP contribution in [0.3, 0.4) is 0 Å². The van der Waals surface area contributed by atoms with Gasteiger partial charge >= 0.3 is 0 Å². The van der Waals surface area contributed by atoms with E-state index in [0.717, 1.165) is 25.9 Å². The van der Waals surface area contributed by atoms with E-state index in [4.69, 9.17) is 5.73 Å². The van der Waals surface area contributed by atoms with Gasteiger partial charge in [0, 0.05) is 24.7 Å². The Morgan fingerprint density at radius 2 is 2.17 bits per heavy atom. The van der Waals surface area contributed by atoms with Crippen LogP contribution in [0.2, 0.25) is 0 Å². The number of rotatable bonds is 2. The van der Waals surface area contributed by atoms with Crippen LogP contribution in [0.25, 0.3) is 5.13 Å². The molecule has 0 amide bonds. The maximum Gasteiger partial charge on any atom is 0.212 e. The highest BCUT2D eigenvalue weighted by Gasteiger charge is 2.24. The van der Waals surface area contributed by atoms with Gasteiger partial charge in [0.05, 0.1) is 0 Å². The summed E-state index contributed by atoms with van der Waals surface area (Å²) in [6, 6.07) is 2.15. The number of aromatic nitrogens is 3. The molecule has 92 valence electrons. The van der Waals surface area contributed by atoms with Crippen LogP contribution in [0.1, 0.15) is 18.4 Å². The number of hydrogen-bond donors (Lipinski definition) is 1. The molecule has 6 nitrogen and oxygen atoms in total. The van der Waals surface area contributed by atoms with Crippen LogP contribution in [0.5, 0.6) is 0 Å². The van der Waals surface area contributed by atoms with Crippen molar-refractivity contribution in [1.29, 1.82) is 5.26 Å². The van der Waals surface area contributed by atoms with Gasteiger partial charge in [0.2, 0.25) is 5.13 Å². The lowest BCUT2D eigenvalue weighted by Gasteiger charge is -2.13. The van der Waals surface area contributed by atoms with Gasteiger partial charge in [0.15, 0.2) is 5.82 Å². The van der Waals surface area contributed by atoms with Crippen LogP contribution >= 0.6 is 11.3 Å². The molecule has 0 unspecified atom stereocenters. The third-order valence-corrected chi connectivity index (χ3v) is 3.77. The van der Waals surface area contributed by atoms with E-state index in [2.05, 4.69) is 21.1 Å². The molecule has 0 saturated carbocycles. The summed E-state index contributed by atoms with van der Waals surface area (Å²) in [7, 11) is 0. The molecule has 1 aliphatic heterocycles. The maximum atomic E-state index is 9.24. The molecule has 1 fully saturated rings. The summed E-state index contributed by atoms with van der Waals surface area (Å²) in [6.45, 7) is 1.87. The topological polar surface area (TPSA) is 83.8 Å². The van der Waals surface area contributed by atoms with Crippen molar-refractivity contribution >= 4 is 23.0 Å². The Bertz CT molecular complexity index is 588. The van der Waals surface area contributed by atoms with E-state index < -0.39 is 0 Å². The number of nitrogens with zero attached hydrogens (tertiary/aromatic N) is 5. The fourth-order valence-corrected chi connectivity index (χ4v) is 2.75. The van der Waals surface area contributed by atoms with Gasteiger partial charge in [-0.25, -0.2) is 4.98 Å². The predicted molar refractivity (Wildman–Crippen MR) is 69.8 cm³/mol. The molecule has 0 spiro atoms. The first kappa shape index (κ1) is 11.0. The second-order valence-corrected chi connectivity index (χ2v) is 4.99. The van der Waals surface area contributed by atoms with Crippen molar-refractivity contribution in [2.45, 2.75) is 12.8 Å². The Kier molecular flexibility index (Phi) is 2.64. The molecule has 7 heteroatoms. The summed E-state index contributed by atoms with van der Waals surface area (Å²) in [5.74, 6) is 1.05. The highest BCUT2D eigenvalue weighted by atomic mass is 32.1. The molecule has 0 aromatic carbocycles. The van der Waals surface area contributed by atoms with Gasteiger partial charge in [-0.1, -0.05) is 0 Å². The predicted octanol–water partition coefficient (Wildman–Crippen LogP) is 1.38. The summed E-state index contributed by atoms with van der Waals surface area (Å²) in [6.07, 6.45) is 3.96. The lowest BCUT2D eigenvalue weighted by molar-refractivity contribution is 0.843. The zero-order chi connectivity index (χ0) is 12.5. The van der Waals surface area contributed by atoms with Crippen molar-refractivity contribution in [3.8, 4) is 11.2 Å². The van der Waals surface area contributed by atoms with Gasteiger partial charge in [0.1, 0.15) is 17.5 Å². The minimum atomic E-state index is 0.370. The average Bonchev–Trinajstić information content (AvgIpc) is 3.09. The standard InChI is InChI=1S/C11H12N6S/c12-7-8-9(13)17(11-14-3-6-18-11)15-10(8)16-4-1-2-5-16/h3,6H,1-2,4-5,13H2. The lowest BCUT2D eigenvalue weighted by atomic mass is 10.3. The maximum absolute atomic E-state index is 9.24. The molecule has 2 N–H and O–H groups in total. The van der Waals surface area contributed by atoms with Crippen molar-refractivity contribution < 1.29 is 0 Å². The Hall–Kier alpha value is -2.07. The molecule has 18 heavy (non-hydrogen) atoms. The second kappa shape index (κ2) is 4.31. The first-order chi connectivity index (χ1) is 8.81. The van der Waals surface area contributed by atoms with Crippen molar-refractivity contribution in [2.24, 2.45) is 0 Å². The van der Waals surface area contributed by atoms with E-state index >= 15 is 0 Å². The summed E-state index contributed by atoms with van der Waals surface area (Å²) in [5, 5.41) is 16.2. The van der Waals surface area contributed by atoms with Gasteiger partial charge in [0.25, 0.3) is 0 Å². The third-order valence-electron chi connectivity index (χ3n) is 3.02. The van der Waals surface area contributed by atoms with E-state index in [1.165, 1.54) is 11.3 Å². The van der Waals surface area contributed by atoms with Gasteiger partial charge in [-0.2, -0.15) is 9.94 Å². The summed E-state index contributed by atoms with van der Waals surface area (Å²) >= 11 is 1.45. The van der Waals surface area contributed by atoms with Crippen molar-refractivity contribution in [3.05, 3.63) is 17.1 Å². The monoisotopic (exact) mass is 260 g/mol. The van der Waals surface area contributed by atoms with Gasteiger partial charge in [-0.05, 0) is 12.8 Å². The molecular weight excluding hydrogens is 248 g/mol. The lowest BCUT2D eigenvalue weighted by Crippen LogP contribution is -2.19. The number of nitrogen functional groups attached to an aromatic ring is 1. The fraction of sp³-hybridized carbons (Fsp3) is 0.364. The number of nitrogens with two attached hydrogens (primary N) is 1. The molecule has 1 aliphatic rings. The molecule has 0 atom stereocenters. The number of thiazole rings is 1. The Balaban J connectivity index is 2.10. The van der Waals surface area contributed by atoms with E-state index in [1.807, 2.05) is 5.38 Å². The van der Waals surface area contributed by atoms with Crippen LogP contribution in [-0.4, -0.2) is 27.9 Å². The van der Waals surface area contributed by atoms with Crippen LogP contribution in [0.15, 0.2) is 11.6 Å². The third kappa shape index (κ3) is 1.62. The van der Waals surface area contributed by atoms with E-state index in [-0.39, 0.29) is 0 Å². The smallest absolute Gasteiger partial charge is 0.212 e. The molecule has 1 saturated heterocycles. The summed E-state index contributed by atoms with van der Waals surface area (Å²) in [4.78, 5) is 6.28. The fourth-order valence-electron chi connectivity index (χ4n) is 2.14. The van der Waals surface area contributed by atoms with Crippen LogP contribution in [0.4, 0.5) is 11.6 Å². The first-order valence-electron chi connectivity index (χ1n) is 5.74. The number of hydrogen-bond acceptors (Lipinski definition) is 6. The minimum Gasteiger partial charge on any atom is -0.382 e. The molecule has 0 aliphatic carbocycles. The van der Waals surface area contributed by atoms with Crippen LogP contribution < -0.4 is 10.6 Å².